The molecule has 170 valence electrons. The van der Waals surface area contributed by atoms with Gasteiger partial charge in [-0.15, -0.1) is 0 Å². The predicted octanol–water partition coefficient (Wildman–Crippen LogP) is 8.58. The average Bonchev–Trinajstić information content (AvgIpc) is 2.77. The van der Waals surface area contributed by atoms with Gasteiger partial charge in [0, 0.05) is 12.1 Å². The van der Waals surface area contributed by atoms with Gasteiger partial charge >= 0.3 is 6.11 Å². The Morgan fingerprint density at radius 2 is 1.22 bits per heavy atom. The number of benzene rings is 3. The van der Waals surface area contributed by atoms with Crippen molar-refractivity contribution in [2.75, 3.05) is 0 Å². The van der Waals surface area contributed by atoms with Crippen molar-refractivity contribution in [1.29, 1.82) is 0 Å². The number of alkyl halides is 2. The molecule has 1 nitrogen and oxygen atoms in total. The van der Waals surface area contributed by atoms with Gasteiger partial charge in [0.2, 0.25) is 0 Å². The Labute approximate surface area is 184 Å². The number of rotatable bonds is 9. The highest BCUT2D eigenvalue weighted by Gasteiger charge is 2.35. The molecule has 3 aromatic rings. The van der Waals surface area contributed by atoms with Crippen molar-refractivity contribution >= 4 is 0 Å². The van der Waals surface area contributed by atoms with E-state index in [-0.39, 0.29) is 0 Å². The zero-order chi connectivity index (χ0) is 23.3. The van der Waals surface area contributed by atoms with Crippen LogP contribution in [0.5, 0.6) is 5.75 Å². The highest BCUT2D eigenvalue weighted by Crippen LogP contribution is 2.34. The highest BCUT2D eigenvalue weighted by atomic mass is 19.3. The van der Waals surface area contributed by atoms with E-state index in [1.807, 2.05) is 12.1 Å². The molecule has 0 saturated heterocycles. The average molecular weight is 448 g/mol. The summed E-state index contributed by atoms with van der Waals surface area (Å²) < 4.78 is 73.0. The van der Waals surface area contributed by atoms with Crippen LogP contribution < -0.4 is 4.74 Å². The van der Waals surface area contributed by atoms with Crippen LogP contribution in [0.3, 0.4) is 0 Å². The van der Waals surface area contributed by atoms with Crippen LogP contribution in [0.1, 0.15) is 56.6 Å². The minimum atomic E-state index is -3.85. The van der Waals surface area contributed by atoms with Crippen LogP contribution in [0.25, 0.3) is 11.1 Å². The molecule has 32 heavy (non-hydrogen) atoms. The van der Waals surface area contributed by atoms with Crippen LogP contribution in [-0.4, -0.2) is 0 Å². The summed E-state index contributed by atoms with van der Waals surface area (Å²) in [5, 5.41) is 0. The molecule has 3 aromatic carbocycles. The first-order valence-electron chi connectivity index (χ1n) is 10.7. The van der Waals surface area contributed by atoms with Gasteiger partial charge in [0.15, 0.2) is 17.5 Å². The van der Waals surface area contributed by atoms with E-state index in [4.69, 9.17) is 0 Å². The third-order valence-electron chi connectivity index (χ3n) is 5.41. The van der Waals surface area contributed by atoms with E-state index in [0.29, 0.717) is 18.1 Å². The van der Waals surface area contributed by atoms with Gasteiger partial charge in [-0.25, -0.2) is 13.2 Å². The minimum Gasteiger partial charge on any atom is -0.429 e. The fourth-order valence-electron chi connectivity index (χ4n) is 3.78. The van der Waals surface area contributed by atoms with Crippen LogP contribution >= 0.6 is 0 Å². The largest absolute Gasteiger partial charge is 0.429 e. The van der Waals surface area contributed by atoms with Crippen LogP contribution in [0.2, 0.25) is 0 Å². The second-order valence-electron chi connectivity index (χ2n) is 7.79. The number of hydrogen-bond acceptors (Lipinski definition) is 1. The maximum Gasteiger partial charge on any atom is 0.426 e. The zero-order valence-electron chi connectivity index (χ0n) is 18.0. The molecule has 0 saturated carbocycles. The maximum atomic E-state index is 14.5. The van der Waals surface area contributed by atoms with Crippen LogP contribution in [0.4, 0.5) is 22.0 Å². The summed E-state index contributed by atoms with van der Waals surface area (Å²) in [4.78, 5) is 0. The lowest BCUT2D eigenvalue weighted by Gasteiger charge is -2.19. The smallest absolute Gasteiger partial charge is 0.426 e. The van der Waals surface area contributed by atoms with Crippen LogP contribution in [-0.2, 0) is 6.11 Å². The molecule has 0 heterocycles. The fourth-order valence-corrected chi connectivity index (χ4v) is 3.78. The van der Waals surface area contributed by atoms with E-state index in [1.165, 1.54) is 29.8 Å². The Hall–Kier alpha value is -2.89. The topological polar surface area (TPSA) is 9.23 Å². The molecule has 0 unspecified atom stereocenters. The minimum absolute atomic E-state index is 0.382. The Kier molecular flexibility index (Phi) is 7.54. The first-order valence-corrected chi connectivity index (χ1v) is 10.7. The van der Waals surface area contributed by atoms with Gasteiger partial charge < -0.3 is 4.74 Å². The zero-order valence-corrected chi connectivity index (χ0v) is 18.0. The molecule has 6 heteroatoms. The normalized spacial score (nSPS) is 11.8. The van der Waals surface area contributed by atoms with Gasteiger partial charge in [0.05, 0.1) is 5.56 Å². The van der Waals surface area contributed by atoms with Gasteiger partial charge in [-0.05, 0) is 47.6 Å². The molecule has 0 aromatic heterocycles. The lowest BCUT2D eigenvalue weighted by atomic mass is 9.89. The fraction of sp³-hybridized carbons (Fsp3) is 0.308. The standard InChI is InChI=1S/C26H25F5O/c1-3-5-17(6-4-2)18-7-9-19(10-8-18)20-11-13-21(14-12-20)26(30,31)32-22-15-23(27)25(29)24(28)16-22/h7-17H,3-6H2,1-2H3. The predicted molar refractivity (Wildman–Crippen MR) is 115 cm³/mol. The van der Waals surface area contributed by atoms with Gasteiger partial charge in [-0.2, -0.15) is 8.78 Å². The molecule has 0 aliphatic heterocycles. The van der Waals surface area contributed by atoms with Crippen molar-refractivity contribution in [2.45, 2.75) is 51.6 Å². The summed E-state index contributed by atoms with van der Waals surface area (Å²) in [6, 6.07) is 14.3. The Balaban J connectivity index is 1.76. The van der Waals surface area contributed by atoms with Gasteiger partial charge in [-0.3, -0.25) is 0 Å². The molecule has 0 radical (unpaired) electrons. The maximum absolute atomic E-state index is 14.5. The molecule has 3 rings (SSSR count). The molecule has 0 aliphatic carbocycles. The molecule has 0 N–H and O–H groups in total. The molecule has 0 bridgehead atoms. The van der Waals surface area contributed by atoms with Crippen molar-refractivity contribution in [2.24, 2.45) is 0 Å². The van der Waals surface area contributed by atoms with Gasteiger partial charge in [0.1, 0.15) is 5.75 Å². The number of halogens is 5. The Bertz CT molecular complexity index is 1000. The van der Waals surface area contributed by atoms with Crippen molar-refractivity contribution in [1.82, 2.24) is 0 Å². The molecular formula is C26H25F5O. The SMILES string of the molecule is CCCC(CCC)c1ccc(-c2ccc(C(F)(F)Oc3cc(F)c(F)c(F)c3)cc2)cc1. The second-order valence-corrected chi connectivity index (χ2v) is 7.79. The summed E-state index contributed by atoms with van der Waals surface area (Å²) in [7, 11) is 0. The summed E-state index contributed by atoms with van der Waals surface area (Å²) in [6.45, 7) is 4.34. The highest BCUT2D eigenvalue weighted by molar-refractivity contribution is 5.64. The molecule has 0 spiro atoms. The third-order valence-corrected chi connectivity index (χ3v) is 5.41. The first kappa shape index (κ1) is 23.8. The van der Waals surface area contributed by atoms with E-state index < -0.39 is 34.9 Å². The van der Waals surface area contributed by atoms with E-state index in [0.717, 1.165) is 36.8 Å². The lowest BCUT2D eigenvalue weighted by molar-refractivity contribution is -0.185. The van der Waals surface area contributed by atoms with Crippen molar-refractivity contribution in [3.05, 3.63) is 89.2 Å². The number of ether oxygens (including phenoxy) is 1. The van der Waals surface area contributed by atoms with Gasteiger partial charge in [0.25, 0.3) is 0 Å². The second kappa shape index (κ2) is 10.2. The van der Waals surface area contributed by atoms with Crippen molar-refractivity contribution in [3.8, 4) is 16.9 Å². The quantitative estimate of drug-likeness (QED) is 0.235. The third kappa shape index (κ3) is 5.47. The molecule has 0 fully saturated rings. The summed E-state index contributed by atoms with van der Waals surface area (Å²) in [5.41, 5.74) is 2.41. The summed E-state index contributed by atoms with van der Waals surface area (Å²) in [6.07, 6.45) is 0.618. The Morgan fingerprint density at radius 3 is 1.69 bits per heavy atom. The summed E-state index contributed by atoms with van der Waals surface area (Å²) in [5.74, 6) is -5.24. The van der Waals surface area contributed by atoms with Crippen LogP contribution in [0, 0.1) is 17.5 Å². The van der Waals surface area contributed by atoms with E-state index >= 15 is 0 Å². The summed E-state index contributed by atoms with van der Waals surface area (Å²) >= 11 is 0. The van der Waals surface area contributed by atoms with Gasteiger partial charge in [-0.1, -0.05) is 63.1 Å². The van der Waals surface area contributed by atoms with Crippen molar-refractivity contribution < 1.29 is 26.7 Å². The van der Waals surface area contributed by atoms with E-state index in [9.17, 15) is 22.0 Å². The first-order chi connectivity index (χ1) is 15.2. The van der Waals surface area contributed by atoms with Crippen LogP contribution in [0.15, 0.2) is 60.7 Å². The number of hydrogen-bond donors (Lipinski definition) is 0. The molecular weight excluding hydrogens is 423 g/mol. The molecule has 0 aliphatic rings. The van der Waals surface area contributed by atoms with E-state index in [1.54, 1.807) is 0 Å². The molecule has 0 amide bonds. The van der Waals surface area contributed by atoms with Crippen molar-refractivity contribution in [3.63, 3.8) is 0 Å². The Morgan fingerprint density at radius 1 is 0.750 bits per heavy atom. The monoisotopic (exact) mass is 448 g/mol. The van der Waals surface area contributed by atoms with E-state index in [2.05, 4.69) is 30.7 Å². The molecule has 0 atom stereocenters. The lowest BCUT2D eigenvalue weighted by Crippen LogP contribution is -2.22.